The van der Waals surface area contributed by atoms with E-state index in [0.29, 0.717) is 5.92 Å². The first kappa shape index (κ1) is 14.1. The van der Waals surface area contributed by atoms with Crippen LogP contribution >= 0.6 is 0 Å². The van der Waals surface area contributed by atoms with Crippen LogP contribution in [0.3, 0.4) is 0 Å². The summed E-state index contributed by atoms with van der Waals surface area (Å²) in [5, 5.41) is 0. The van der Waals surface area contributed by atoms with Crippen LogP contribution in [0, 0.1) is 0 Å². The van der Waals surface area contributed by atoms with Crippen molar-refractivity contribution < 1.29 is 4.79 Å². The molecule has 1 unspecified atom stereocenters. The number of carbonyl (C=O) groups excluding carboxylic acids is 1. The second-order valence-corrected chi connectivity index (χ2v) is 5.66. The van der Waals surface area contributed by atoms with Crippen LogP contribution in [-0.4, -0.2) is 23.9 Å². The minimum atomic E-state index is 0.203. The van der Waals surface area contributed by atoms with E-state index in [2.05, 4.69) is 26.0 Å². The van der Waals surface area contributed by atoms with Crippen molar-refractivity contribution in [2.45, 2.75) is 51.9 Å². The molecule has 104 valence electrons. The number of carbonyl (C=O) groups is 1. The molecule has 1 aromatic carbocycles. The highest BCUT2D eigenvalue weighted by molar-refractivity contribution is 5.94. The van der Waals surface area contributed by atoms with E-state index in [-0.39, 0.29) is 5.91 Å². The molecule has 2 nitrogen and oxygen atoms in total. The number of nitrogens with zero attached hydrogens (tertiary/aromatic N) is 1. The first-order chi connectivity index (χ1) is 9.22. The van der Waals surface area contributed by atoms with Crippen LogP contribution in [0.5, 0.6) is 0 Å². The zero-order chi connectivity index (χ0) is 13.7. The van der Waals surface area contributed by atoms with Crippen LogP contribution in [0.25, 0.3) is 0 Å². The maximum absolute atomic E-state index is 12.3. The van der Waals surface area contributed by atoms with Gasteiger partial charge in [0.1, 0.15) is 0 Å². The number of benzene rings is 1. The predicted molar refractivity (Wildman–Crippen MR) is 79.5 cm³/mol. The van der Waals surface area contributed by atoms with Crippen molar-refractivity contribution in [1.29, 1.82) is 0 Å². The van der Waals surface area contributed by atoms with Gasteiger partial charge in [0, 0.05) is 18.7 Å². The van der Waals surface area contributed by atoms with Gasteiger partial charge in [0.2, 0.25) is 0 Å². The molecule has 0 aromatic heterocycles. The van der Waals surface area contributed by atoms with Gasteiger partial charge < -0.3 is 4.90 Å². The van der Waals surface area contributed by atoms with Gasteiger partial charge in [-0.1, -0.05) is 32.4 Å². The summed E-state index contributed by atoms with van der Waals surface area (Å²) in [6, 6.07) is 8.24. The second-order valence-electron chi connectivity index (χ2n) is 5.66. The van der Waals surface area contributed by atoms with Crippen molar-refractivity contribution >= 4 is 5.91 Å². The van der Waals surface area contributed by atoms with Crippen molar-refractivity contribution in [1.82, 2.24) is 4.90 Å². The topological polar surface area (TPSA) is 20.3 Å². The van der Waals surface area contributed by atoms with Gasteiger partial charge in [-0.05, 0) is 49.3 Å². The first-order valence-electron chi connectivity index (χ1n) is 7.61. The van der Waals surface area contributed by atoms with Crippen LogP contribution in [0.15, 0.2) is 24.3 Å². The molecule has 1 fully saturated rings. The Morgan fingerprint density at radius 2 is 1.79 bits per heavy atom. The lowest BCUT2D eigenvalue weighted by atomic mass is 9.95. The number of likely N-dealkylation sites (tertiary alicyclic amines) is 1. The highest BCUT2D eigenvalue weighted by Crippen LogP contribution is 2.21. The zero-order valence-corrected chi connectivity index (χ0v) is 12.2. The SMILES string of the molecule is CCCC(C)c1ccc(C(=O)N2CCCCC2)cc1. The average Bonchev–Trinajstić information content (AvgIpc) is 2.48. The Hall–Kier alpha value is -1.31. The Balaban J connectivity index is 2.02. The molecule has 1 heterocycles. The molecule has 19 heavy (non-hydrogen) atoms. The molecule has 0 bridgehead atoms. The summed E-state index contributed by atoms with van der Waals surface area (Å²) in [7, 11) is 0. The molecule has 1 aliphatic rings. The lowest BCUT2D eigenvalue weighted by molar-refractivity contribution is 0.0724. The van der Waals surface area contributed by atoms with Gasteiger partial charge in [-0.3, -0.25) is 4.79 Å². The molecule has 1 aromatic rings. The monoisotopic (exact) mass is 259 g/mol. The second kappa shape index (κ2) is 6.74. The zero-order valence-electron chi connectivity index (χ0n) is 12.2. The molecule has 1 saturated heterocycles. The summed E-state index contributed by atoms with van der Waals surface area (Å²) >= 11 is 0. The minimum absolute atomic E-state index is 0.203. The van der Waals surface area contributed by atoms with Crippen molar-refractivity contribution in [2.24, 2.45) is 0 Å². The Morgan fingerprint density at radius 1 is 1.16 bits per heavy atom. The summed E-state index contributed by atoms with van der Waals surface area (Å²) in [6.07, 6.45) is 5.97. The number of amides is 1. The molecule has 0 aliphatic carbocycles. The summed E-state index contributed by atoms with van der Waals surface area (Å²) in [4.78, 5) is 14.3. The third-order valence-electron chi connectivity index (χ3n) is 4.09. The number of piperidine rings is 1. The van der Waals surface area contributed by atoms with Crippen LogP contribution in [0.2, 0.25) is 0 Å². The Morgan fingerprint density at radius 3 is 2.37 bits per heavy atom. The fourth-order valence-electron chi connectivity index (χ4n) is 2.83. The number of hydrogen-bond acceptors (Lipinski definition) is 1. The Kier molecular flexibility index (Phi) is 5.00. The van der Waals surface area contributed by atoms with Crippen LogP contribution in [0.1, 0.15) is 67.8 Å². The molecular weight excluding hydrogens is 234 g/mol. The van der Waals surface area contributed by atoms with E-state index in [4.69, 9.17) is 0 Å². The summed E-state index contributed by atoms with van der Waals surface area (Å²) in [5.41, 5.74) is 2.19. The molecule has 1 aliphatic heterocycles. The summed E-state index contributed by atoms with van der Waals surface area (Å²) in [5.74, 6) is 0.790. The van der Waals surface area contributed by atoms with Gasteiger partial charge in [-0.2, -0.15) is 0 Å². The highest BCUT2D eigenvalue weighted by Gasteiger charge is 2.18. The van der Waals surface area contributed by atoms with Crippen molar-refractivity contribution in [3.63, 3.8) is 0 Å². The van der Waals surface area contributed by atoms with Gasteiger partial charge in [0.15, 0.2) is 0 Å². The number of rotatable bonds is 4. The lowest BCUT2D eigenvalue weighted by Gasteiger charge is -2.26. The van der Waals surface area contributed by atoms with Crippen LogP contribution in [0.4, 0.5) is 0 Å². The van der Waals surface area contributed by atoms with E-state index in [9.17, 15) is 4.79 Å². The normalized spacial score (nSPS) is 17.3. The quantitative estimate of drug-likeness (QED) is 0.793. The van der Waals surface area contributed by atoms with Gasteiger partial charge in [-0.25, -0.2) is 0 Å². The maximum Gasteiger partial charge on any atom is 0.253 e. The van der Waals surface area contributed by atoms with Crippen LogP contribution in [-0.2, 0) is 0 Å². The molecule has 0 radical (unpaired) electrons. The predicted octanol–water partition coefficient (Wildman–Crippen LogP) is 4.22. The number of hydrogen-bond donors (Lipinski definition) is 0. The minimum Gasteiger partial charge on any atom is -0.339 e. The van der Waals surface area contributed by atoms with Gasteiger partial charge in [0.25, 0.3) is 5.91 Å². The van der Waals surface area contributed by atoms with E-state index in [1.165, 1.54) is 24.8 Å². The fraction of sp³-hybridized carbons (Fsp3) is 0.588. The average molecular weight is 259 g/mol. The molecule has 2 rings (SSSR count). The van der Waals surface area contributed by atoms with E-state index < -0.39 is 0 Å². The molecule has 1 atom stereocenters. The van der Waals surface area contributed by atoms with Gasteiger partial charge >= 0.3 is 0 Å². The largest absolute Gasteiger partial charge is 0.339 e. The van der Waals surface area contributed by atoms with E-state index in [1.807, 2.05) is 17.0 Å². The standard InChI is InChI=1S/C17H25NO/c1-3-7-14(2)15-8-10-16(11-9-15)17(19)18-12-5-4-6-13-18/h8-11,14H,3-7,12-13H2,1-2H3. The summed E-state index contributed by atoms with van der Waals surface area (Å²) in [6.45, 7) is 6.31. The molecule has 0 saturated carbocycles. The molecule has 0 N–H and O–H groups in total. The Bertz CT molecular complexity index is 404. The van der Waals surface area contributed by atoms with Gasteiger partial charge in [-0.15, -0.1) is 0 Å². The summed E-state index contributed by atoms with van der Waals surface area (Å²) < 4.78 is 0. The van der Waals surface area contributed by atoms with E-state index in [0.717, 1.165) is 31.5 Å². The lowest BCUT2D eigenvalue weighted by Crippen LogP contribution is -2.35. The maximum atomic E-state index is 12.3. The fourth-order valence-corrected chi connectivity index (χ4v) is 2.83. The highest BCUT2D eigenvalue weighted by atomic mass is 16.2. The molecule has 0 spiro atoms. The molecule has 2 heteroatoms. The molecular formula is C17H25NO. The van der Waals surface area contributed by atoms with E-state index in [1.54, 1.807) is 0 Å². The third-order valence-corrected chi connectivity index (χ3v) is 4.09. The van der Waals surface area contributed by atoms with Crippen molar-refractivity contribution in [3.8, 4) is 0 Å². The van der Waals surface area contributed by atoms with E-state index >= 15 is 0 Å². The molecule has 1 amide bonds. The first-order valence-corrected chi connectivity index (χ1v) is 7.61. The third kappa shape index (κ3) is 3.59. The Labute approximate surface area is 116 Å². The smallest absolute Gasteiger partial charge is 0.253 e. The van der Waals surface area contributed by atoms with Crippen molar-refractivity contribution in [2.75, 3.05) is 13.1 Å². The van der Waals surface area contributed by atoms with Crippen LogP contribution < -0.4 is 0 Å². The van der Waals surface area contributed by atoms with Gasteiger partial charge in [0.05, 0.1) is 0 Å². The van der Waals surface area contributed by atoms with Crippen molar-refractivity contribution in [3.05, 3.63) is 35.4 Å².